The summed E-state index contributed by atoms with van der Waals surface area (Å²) in [4.78, 5) is 18.8. The SMILES string of the molecule is C1CCC1.CC.CC.CCCc1ncnc(NC)c1CC=O. The van der Waals surface area contributed by atoms with Crippen molar-refractivity contribution in [3.8, 4) is 0 Å². The first kappa shape index (κ1) is 22.8. The standard InChI is InChI=1S/C10H15N3O.C4H8.2C2H6/c1-3-4-9-8(5-6-14)10(11-2)13-7-12-9;1-2-4-3-1;2*1-2/h6-7H,3-5H2,1-2H3,(H,11,12,13);1-4H2;2*1-2H3. The summed E-state index contributed by atoms with van der Waals surface area (Å²) >= 11 is 0. The molecule has 1 fully saturated rings. The van der Waals surface area contributed by atoms with E-state index < -0.39 is 0 Å². The van der Waals surface area contributed by atoms with Gasteiger partial charge in [-0.3, -0.25) is 0 Å². The van der Waals surface area contributed by atoms with E-state index in [1.807, 2.05) is 27.7 Å². The van der Waals surface area contributed by atoms with E-state index in [1.54, 1.807) is 7.05 Å². The van der Waals surface area contributed by atoms with Gasteiger partial charge in [0.25, 0.3) is 0 Å². The number of nitrogens with one attached hydrogen (secondary N) is 1. The molecular formula is C18H35N3O. The molecule has 4 nitrogen and oxygen atoms in total. The summed E-state index contributed by atoms with van der Waals surface area (Å²) in [6, 6.07) is 0. The highest BCUT2D eigenvalue weighted by molar-refractivity contribution is 5.61. The van der Waals surface area contributed by atoms with Crippen molar-refractivity contribution in [2.75, 3.05) is 12.4 Å². The molecule has 22 heavy (non-hydrogen) atoms. The maximum atomic E-state index is 10.5. The third kappa shape index (κ3) is 9.48. The van der Waals surface area contributed by atoms with Crippen LogP contribution in [0.2, 0.25) is 0 Å². The molecule has 1 aromatic rings. The van der Waals surface area contributed by atoms with E-state index in [0.717, 1.165) is 36.2 Å². The fourth-order valence-electron chi connectivity index (χ4n) is 1.66. The average Bonchev–Trinajstić information content (AvgIpc) is 2.52. The Morgan fingerprint density at radius 3 is 2.00 bits per heavy atom. The van der Waals surface area contributed by atoms with Crippen molar-refractivity contribution >= 4 is 12.1 Å². The summed E-state index contributed by atoms with van der Waals surface area (Å²) < 4.78 is 0. The number of aryl methyl sites for hydroxylation is 1. The number of rotatable bonds is 5. The molecule has 1 saturated carbocycles. The van der Waals surface area contributed by atoms with Crippen LogP contribution < -0.4 is 5.32 Å². The molecule has 0 radical (unpaired) electrons. The van der Waals surface area contributed by atoms with Gasteiger partial charge in [-0.15, -0.1) is 0 Å². The highest BCUT2D eigenvalue weighted by atomic mass is 16.1. The fourth-order valence-corrected chi connectivity index (χ4v) is 1.66. The van der Waals surface area contributed by atoms with Crippen molar-refractivity contribution in [2.45, 2.75) is 79.6 Å². The van der Waals surface area contributed by atoms with Crippen LogP contribution in [0.4, 0.5) is 5.82 Å². The predicted octanol–water partition coefficient (Wildman–Crippen LogP) is 4.83. The van der Waals surface area contributed by atoms with Crippen LogP contribution in [0.1, 0.15) is 78.0 Å². The fraction of sp³-hybridized carbons (Fsp3) is 0.722. The van der Waals surface area contributed by atoms with Gasteiger partial charge in [0, 0.05) is 24.7 Å². The summed E-state index contributed by atoms with van der Waals surface area (Å²) in [5.41, 5.74) is 1.89. The molecule has 1 aromatic heterocycles. The van der Waals surface area contributed by atoms with E-state index in [9.17, 15) is 4.79 Å². The Kier molecular flexibility index (Phi) is 18.3. The Labute approximate surface area is 137 Å². The van der Waals surface area contributed by atoms with E-state index >= 15 is 0 Å². The second kappa shape index (κ2) is 17.6. The molecule has 0 amide bonds. The van der Waals surface area contributed by atoms with Gasteiger partial charge < -0.3 is 10.1 Å². The van der Waals surface area contributed by atoms with Crippen molar-refractivity contribution in [3.05, 3.63) is 17.6 Å². The number of hydrogen-bond acceptors (Lipinski definition) is 4. The normalized spacial score (nSPS) is 11.2. The zero-order chi connectivity index (χ0) is 17.2. The van der Waals surface area contributed by atoms with E-state index in [1.165, 1.54) is 32.0 Å². The Morgan fingerprint density at radius 2 is 1.64 bits per heavy atom. The molecule has 1 N–H and O–H groups in total. The highest BCUT2D eigenvalue weighted by Crippen LogP contribution is 2.16. The summed E-state index contributed by atoms with van der Waals surface area (Å²) in [6.45, 7) is 10.1. The van der Waals surface area contributed by atoms with E-state index in [0.29, 0.717) is 6.42 Å². The summed E-state index contributed by atoms with van der Waals surface area (Å²) in [5, 5.41) is 2.97. The molecule has 1 aliphatic rings. The van der Waals surface area contributed by atoms with E-state index in [2.05, 4.69) is 22.2 Å². The number of nitrogens with zero attached hydrogens (tertiary/aromatic N) is 2. The maximum absolute atomic E-state index is 10.5. The molecule has 1 heterocycles. The molecule has 0 atom stereocenters. The summed E-state index contributed by atoms with van der Waals surface area (Å²) in [7, 11) is 1.80. The Hall–Kier alpha value is -1.45. The van der Waals surface area contributed by atoms with E-state index in [4.69, 9.17) is 0 Å². The van der Waals surface area contributed by atoms with Crippen molar-refractivity contribution in [2.24, 2.45) is 0 Å². The minimum absolute atomic E-state index is 0.381. The van der Waals surface area contributed by atoms with Crippen molar-refractivity contribution in [1.29, 1.82) is 0 Å². The minimum Gasteiger partial charge on any atom is -0.373 e. The van der Waals surface area contributed by atoms with Gasteiger partial charge in [-0.1, -0.05) is 66.7 Å². The van der Waals surface area contributed by atoms with Crippen molar-refractivity contribution in [1.82, 2.24) is 9.97 Å². The highest BCUT2D eigenvalue weighted by Gasteiger charge is 2.08. The molecule has 0 unspecified atom stereocenters. The van der Waals surface area contributed by atoms with Gasteiger partial charge in [-0.05, 0) is 6.42 Å². The zero-order valence-corrected chi connectivity index (χ0v) is 15.4. The van der Waals surface area contributed by atoms with Gasteiger partial charge in [0.05, 0.1) is 0 Å². The third-order valence-corrected chi connectivity index (χ3v) is 3.05. The molecule has 0 bridgehead atoms. The van der Waals surface area contributed by atoms with Crippen LogP contribution in [0.5, 0.6) is 0 Å². The molecule has 0 aromatic carbocycles. The molecule has 0 aliphatic heterocycles. The largest absolute Gasteiger partial charge is 0.373 e. The lowest BCUT2D eigenvalue weighted by molar-refractivity contribution is -0.107. The Balaban J connectivity index is 0. The lowest BCUT2D eigenvalue weighted by atomic mass is 10.0. The number of carbonyl (C=O) groups is 1. The molecule has 0 saturated heterocycles. The third-order valence-electron chi connectivity index (χ3n) is 3.05. The van der Waals surface area contributed by atoms with Crippen LogP contribution in [-0.4, -0.2) is 23.3 Å². The number of aromatic nitrogens is 2. The first-order chi connectivity index (χ1) is 10.8. The molecule has 2 rings (SSSR count). The summed E-state index contributed by atoms with van der Waals surface area (Å²) in [6.07, 6.45) is 10.7. The summed E-state index contributed by atoms with van der Waals surface area (Å²) in [5.74, 6) is 0.760. The molecule has 0 spiro atoms. The quantitative estimate of drug-likeness (QED) is 0.792. The van der Waals surface area contributed by atoms with Crippen LogP contribution in [0.3, 0.4) is 0 Å². The van der Waals surface area contributed by atoms with Gasteiger partial charge in [0.1, 0.15) is 18.4 Å². The van der Waals surface area contributed by atoms with E-state index in [-0.39, 0.29) is 0 Å². The molecular weight excluding hydrogens is 274 g/mol. The second-order valence-corrected chi connectivity index (χ2v) is 4.43. The first-order valence-corrected chi connectivity index (χ1v) is 8.77. The molecule has 128 valence electrons. The molecule has 1 aliphatic carbocycles. The first-order valence-electron chi connectivity index (χ1n) is 8.77. The van der Waals surface area contributed by atoms with Crippen molar-refractivity contribution < 1.29 is 4.79 Å². The lowest BCUT2D eigenvalue weighted by Crippen LogP contribution is -2.06. The van der Waals surface area contributed by atoms with Crippen molar-refractivity contribution in [3.63, 3.8) is 0 Å². The number of carbonyl (C=O) groups excluding carboxylic acids is 1. The molecule has 4 heteroatoms. The van der Waals surface area contributed by atoms with Gasteiger partial charge in [-0.2, -0.15) is 0 Å². The second-order valence-electron chi connectivity index (χ2n) is 4.43. The van der Waals surface area contributed by atoms with Gasteiger partial charge >= 0.3 is 0 Å². The van der Waals surface area contributed by atoms with Gasteiger partial charge in [0.2, 0.25) is 0 Å². The van der Waals surface area contributed by atoms with Crippen LogP contribution in [-0.2, 0) is 17.6 Å². The average molecular weight is 309 g/mol. The Morgan fingerprint density at radius 1 is 1.09 bits per heavy atom. The predicted molar refractivity (Wildman–Crippen MR) is 96.5 cm³/mol. The topological polar surface area (TPSA) is 54.9 Å². The van der Waals surface area contributed by atoms with Crippen LogP contribution in [0.25, 0.3) is 0 Å². The zero-order valence-electron chi connectivity index (χ0n) is 15.4. The smallest absolute Gasteiger partial charge is 0.133 e. The monoisotopic (exact) mass is 309 g/mol. The Bertz CT molecular complexity index is 359. The minimum atomic E-state index is 0.381. The number of anilines is 1. The van der Waals surface area contributed by atoms with Crippen LogP contribution in [0, 0.1) is 0 Å². The maximum Gasteiger partial charge on any atom is 0.133 e. The van der Waals surface area contributed by atoms with Crippen LogP contribution >= 0.6 is 0 Å². The number of hydrogen-bond donors (Lipinski definition) is 1. The lowest BCUT2D eigenvalue weighted by Gasteiger charge is -2.09. The van der Waals surface area contributed by atoms with Gasteiger partial charge in [0.15, 0.2) is 0 Å². The number of aldehydes is 1. The van der Waals surface area contributed by atoms with Gasteiger partial charge in [-0.25, -0.2) is 9.97 Å². The van der Waals surface area contributed by atoms with Crippen LogP contribution in [0.15, 0.2) is 6.33 Å².